The molecule has 0 fully saturated rings. The first-order valence-corrected chi connectivity index (χ1v) is 7.13. The predicted octanol–water partition coefficient (Wildman–Crippen LogP) is 3.50. The Morgan fingerprint density at radius 3 is 2.65 bits per heavy atom. The molecule has 5 heteroatoms. The van der Waals surface area contributed by atoms with Gasteiger partial charge in [0, 0.05) is 6.07 Å². The summed E-state index contributed by atoms with van der Waals surface area (Å²) >= 11 is 0. The number of carbonyl (C=O) groups is 1. The van der Waals surface area contributed by atoms with Crippen molar-refractivity contribution in [2.75, 3.05) is 20.3 Å². The van der Waals surface area contributed by atoms with E-state index in [9.17, 15) is 9.18 Å². The Kier molecular flexibility index (Phi) is 4.28. The molecule has 4 nitrogen and oxygen atoms in total. The number of allylic oxidation sites excluding steroid dienone is 1. The molecular formula is C18H15FO4. The van der Waals surface area contributed by atoms with Crippen LogP contribution in [0, 0.1) is 5.82 Å². The Bertz CT molecular complexity index is 768. The van der Waals surface area contributed by atoms with Crippen LogP contribution >= 0.6 is 0 Å². The van der Waals surface area contributed by atoms with Crippen LogP contribution in [0.5, 0.6) is 17.2 Å². The normalized spacial score (nSPS) is 13.1. The Balaban J connectivity index is 1.78. The van der Waals surface area contributed by atoms with Gasteiger partial charge in [0.1, 0.15) is 24.8 Å². The van der Waals surface area contributed by atoms with Crippen molar-refractivity contribution < 1.29 is 23.4 Å². The van der Waals surface area contributed by atoms with E-state index in [1.54, 1.807) is 24.3 Å². The van der Waals surface area contributed by atoms with Crippen molar-refractivity contribution in [2.24, 2.45) is 0 Å². The van der Waals surface area contributed by atoms with Gasteiger partial charge >= 0.3 is 0 Å². The van der Waals surface area contributed by atoms with Gasteiger partial charge in [-0.1, -0.05) is 12.1 Å². The molecule has 1 aliphatic rings. The van der Waals surface area contributed by atoms with Crippen LogP contribution < -0.4 is 14.2 Å². The highest BCUT2D eigenvalue weighted by molar-refractivity contribution is 6.07. The molecule has 0 spiro atoms. The average Bonchev–Trinajstić information content (AvgIpc) is 2.59. The number of carbonyl (C=O) groups excluding carboxylic acids is 1. The summed E-state index contributed by atoms with van der Waals surface area (Å²) in [6, 6.07) is 9.51. The van der Waals surface area contributed by atoms with E-state index >= 15 is 0 Å². The Morgan fingerprint density at radius 1 is 1.13 bits per heavy atom. The van der Waals surface area contributed by atoms with Crippen LogP contribution in [0.25, 0.3) is 6.08 Å². The van der Waals surface area contributed by atoms with E-state index in [1.165, 1.54) is 25.3 Å². The summed E-state index contributed by atoms with van der Waals surface area (Å²) in [4.78, 5) is 12.1. The minimum absolute atomic E-state index is 0.000377. The van der Waals surface area contributed by atoms with Crippen LogP contribution in [0.1, 0.15) is 15.9 Å². The molecule has 0 unspecified atom stereocenters. The van der Waals surface area contributed by atoms with E-state index in [0.717, 1.165) is 5.56 Å². The van der Waals surface area contributed by atoms with Crippen molar-refractivity contribution >= 4 is 11.9 Å². The number of ether oxygens (including phenoxy) is 3. The third-order valence-electron chi connectivity index (χ3n) is 3.44. The molecule has 2 aromatic carbocycles. The van der Waals surface area contributed by atoms with Crippen LogP contribution in [-0.2, 0) is 0 Å². The molecule has 0 radical (unpaired) electrons. The van der Waals surface area contributed by atoms with Crippen molar-refractivity contribution in [3.8, 4) is 17.2 Å². The van der Waals surface area contributed by atoms with E-state index in [-0.39, 0.29) is 5.56 Å². The van der Waals surface area contributed by atoms with Crippen molar-refractivity contribution in [3.05, 3.63) is 59.4 Å². The van der Waals surface area contributed by atoms with Crippen molar-refractivity contribution in [1.82, 2.24) is 0 Å². The summed E-state index contributed by atoms with van der Waals surface area (Å²) in [6.45, 7) is 1.02. The van der Waals surface area contributed by atoms with E-state index < -0.39 is 11.6 Å². The molecular weight excluding hydrogens is 299 g/mol. The minimum Gasteiger partial charge on any atom is -0.497 e. The summed E-state index contributed by atoms with van der Waals surface area (Å²) in [5, 5.41) is 0. The van der Waals surface area contributed by atoms with Crippen LogP contribution in [0.3, 0.4) is 0 Å². The molecule has 0 aromatic heterocycles. The summed E-state index contributed by atoms with van der Waals surface area (Å²) in [5.74, 6) is 0.665. The van der Waals surface area contributed by atoms with Crippen molar-refractivity contribution in [1.29, 1.82) is 0 Å². The standard InChI is InChI=1S/C18H15FO4/c1-21-13-4-5-14(15(19)11-13)16(20)6-2-12-3-7-17-18(10-12)23-9-8-22-17/h2-7,10-11H,8-9H2,1H3. The highest BCUT2D eigenvalue weighted by Crippen LogP contribution is 2.31. The van der Waals surface area contributed by atoms with E-state index in [1.807, 2.05) is 6.07 Å². The van der Waals surface area contributed by atoms with Gasteiger partial charge in [-0.15, -0.1) is 0 Å². The van der Waals surface area contributed by atoms with Crippen LogP contribution in [0.4, 0.5) is 4.39 Å². The number of fused-ring (bicyclic) bond motifs is 1. The maximum atomic E-state index is 13.9. The van der Waals surface area contributed by atoms with Gasteiger partial charge < -0.3 is 14.2 Å². The smallest absolute Gasteiger partial charge is 0.188 e. The first-order valence-electron chi connectivity index (χ1n) is 7.13. The highest BCUT2D eigenvalue weighted by Gasteiger charge is 2.12. The van der Waals surface area contributed by atoms with E-state index in [0.29, 0.717) is 30.5 Å². The maximum Gasteiger partial charge on any atom is 0.188 e. The number of halogens is 1. The molecule has 0 saturated carbocycles. The predicted molar refractivity (Wildman–Crippen MR) is 83.7 cm³/mol. The molecule has 0 atom stereocenters. The van der Waals surface area contributed by atoms with Gasteiger partial charge in [0.2, 0.25) is 0 Å². The van der Waals surface area contributed by atoms with E-state index in [4.69, 9.17) is 14.2 Å². The molecule has 2 aromatic rings. The third kappa shape index (κ3) is 3.34. The summed E-state index contributed by atoms with van der Waals surface area (Å²) in [7, 11) is 1.44. The third-order valence-corrected chi connectivity index (χ3v) is 3.44. The highest BCUT2D eigenvalue weighted by atomic mass is 19.1. The lowest BCUT2D eigenvalue weighted by Gasteiger charge is -2.18. The number of ketones is 1. The maximum absolute atomic E-state index is 13.9. The first kappa shape index (κ1) is 15.1. The zero-order valence-corrected chi connectivity index (χ0v) is 12.5. The van der Waals surface area contributed by atoms with Gasteiger partial charge in [-0.2, -0.15) is 0 Å². The van der Waals surface area contributed by atoms with Crippen LogP contribution in [0.15, 0.2) is 42.5 Å². The number of hydrogen-bond acceptors (Lipinski definition) is 4. The second-order valence-electron chi connectivity index (χ2n) is 4.95. The minimum atomic E-state index is -0.610. The lowest BCUT2D eigenvalue weighted by molar-refractivity contribution is 0.104. The van der Waals surface area contributed by atoms with Gasteiger partial charge in [-0.25, -0.2) is 4.39 Å². The average molecular weight is 314 g/mol. The largest absolute Gasteiger partial charge is 0.497 e. The number of benzene rings is 2. The Morgan fingerprint density at radius 2 is 1.91 bits per heavy atom. The van der Waals surface area contributed by atoms with Gasteiger partial charge in [-0.3, -0.25) is 4.79 Å². The van der Waals surface area contributed by atoms with Crippen molar-refractivity contribution in [3.63, 3.8) is 0 Å². The van der Waals surface area contributed by atoms with Crippen LogP contribution in [-0.4, -0.2) is 26.1 Å². The molecule has 1 aliphatic heterocycles. The second-order valence-corrected chi connectivity index (χ2v) is 4.95. The van der Waals surface area contributed by atoms with Crippen LogP contribution in [0.2, 0.25) is 0 Å². The monoisotopic (exact) mass is 314 g/mol. The molecule has 3 rings (SSSR count). The molecule has 0 bridgehead atoms. The molecule has 23 heavy (non-hydrogen) atoms. The quantitative estimate of drug-likeness (QED) is 0.640. The lowest BCUT2D eigenvalue weighted by Crippen LogP contribution is -2.15. The Labute approximate surface area is 133 Å². The zero-order valence-electron chi connectivity index (χ0n) is 12.5. The fourth-order valence-electron chi connectivity index (χ4n) is 2.25. The SMILES string of the molecule is COc1ccc(C(=O)C=Cc2ccc3c(c2)OCCO3)c(F)c1. The molecule has 1 heterocycles. The lowest BCUT2D eigenvalue weighted by atomic mass is 10.1. The number of hydrogen-bond donors (Lipinski definition) is 0. The molecule has 0 amide bonds. The van der Waals surface area contributed by atoms with Gasteiger partial charge in [0.15, 0.2) is 17.3 Å². The molecule has 0 aliphatic carbocycles. The number of methoxy groups -OCH3 is 1. The fourth-order valence-corrected chi connectivity index (χ4v) is 2.25. The van der Waals surface area contributed by atoms with Gasteiger partial charge in [0.25, 0.3) is 0 Å². The topological polar surface area (TPSA) is 44.8 Å². The summed E-state index contributed by atoms with van der Waals surface area (Å²) in [6.07, 6.45) is 2.94. The van der Waals surface area contributed by atoms with E-state index in [2.05, 4.69) is 0 Å². The van der Waals surface area contributed by atoms with Crippen molar-refractivity contribution in [2.45, 2.75) is 0 Å². The summed E-state index contributed by atoms with van der Waals surface area (Å²) < 4.78 is 29.7. The summed E-state index contributed by atoms with van der Waals surface area (Å²) in [5.41, 5.74) is 0.774. The zero-order chi connectivity index (χ0) is 16.2. The number of rotatable bonds is 4. The molecule has 0 saturated heterocycles. The van der Waals surface area contributed by atoms with Gasteiger partial charge in [-0.05, 0) is 35.9 Å². The second kappa shape index (κ2) is 6.52. The Hall–Kier alpha value is -2.82. The fraction of sp³-hybridized carbons (Fsp3) is 0.167. The molecule has 0 N–H and O–H groups in total. The first-order chi connectivity index (χ1) is 11.2. The molecule has 118 valence electrons. The van der Waals surface area contributed by atoms with Gasteiger partial charge in [0.05, 0.1) is 12.7 Å².